The lowest BCUT2D eigenvalue weighted by Gasteiger charge is -2.47. The van der Waals surface area contributed by atoms with Crippen LogP contribution in [0.15, 0.2) is 54.6 Å². The van der Waals surface area contributed by atoms with Crippen molar-refractivity contribution in [1.29, 1.82) is 0 Å². The third-order valence-corrected chi connectivity index (χ3v) is 6.57. The SMILES string of the molecule is CCN(C(=O)CCC(=O)O)C1c2ccccc2N(C(=O)c2ccccc2)C2CCCC12. The van der Waals surface area contributed by atoms with E-state index in [2.05, 4.69) is 0 Å². The number of carboxylic acids is 1. The van der Waals surface area contributed by atoms with Crippen molar-refractivity contribution in [3.63, 3.8) is 0 Å². The Morgan fingerprint density at radius 2 is 1.71 bits per heavy atom. The molecule has 31 heavy (non-hydrogen) atoms. The van der Waals surface area contributed by atoms with Crippen LogP contribution in [0.3, 0.4) is 0 Å². The summed E-state index contributed by atoms with van der Waals surface area (Å²) in [5.41, 5.74) is 2.49. The summed E-state index contributed by atoms with van der Waals surface area (Å²) in [4.78, 5) is 41.3. The fourth-order valence-electron chi connectivity index (χ4n) is 5.29. The lowest BCUT2D eigenvalue weighted by Crippen LogP contribution is -2.52. The number of carboxylic acid groups (broad SMARTS) is 1. The average Bonchev–Trinajstić information content (AvgIpc) is 3.27. The number of fused-ring (bicyclic) bond motifs is 2. The number of carbonyl (C=O) groups excluding carboxylic acids is 2. The minimum Gasteiger partial charge on any atom is -0.481 e. The molecule has 2 amide bonds. The van der Waals surface area contributed by atoms with E-state index >= 15 is 0 Å². The monoisotopic (exact) mass is 420 g/mol. The molecule has 0 bridgehead atoms. The Hall–Kier alpha value is -3.15. The molecule has 2 aromatic rings. The van der Waals surface area contributed by atoms with Gasteiger partial charge in [-0.3, -0.25) is 14.4 Å². The zero-order valence-electron chi connectivity index (χ0n) is 17.7. The summed E-state index contributed by atoms with van der Waals surface area (Å²) in [5, 5.41) is 9.02. The smallest absolute Gasteiger partial charge is 0.303 e. The van der Waals surface area contributed by atoms with Crippen molar-refractivity contribution in [2.45, 2.75) is 51.1 Å². The van der Waals surface area contributed by atoms with Crippen LogP contribution in [0.25, 0.3) is 0 Å². The Labute approximate surface area is 182 Å². The lowest BCUT2D eigenvalue weighted by atomic mass is 9.81. The second kappa shape index (κ2) is 8.92. The van der Waals surface area contributed by atoms with Gasteiger partial charge in [0.05, 0.1) is 12.5 Å². The molecule has 3 unspecified atom stereocenters. The average molecular weight is 421 g/mol. The van der Waals surface area contributed by atoms with Gasteiger partial charge in [-0.15, -0.1) is 0 Å². The van der Waals surface area contributed by atoms with Gasteiger partial charge in [0.2, 0.25) is 5.91 Å². The number of carbonyl (C=O) groups is 3. The molecule has 1 saturated carbocycles. The molecule has 162 valence electrons. The second-order valence-corrected chi connectivity index (χ2v) is 8.28. The molecule has 1 fully saturated rings. The zero-order valence-corrected chi connectivity index (χ0v) is 17.7. The highest BCUT2D eigenvalue weighted by Gasteiger charge is 2.48. The molecule has 0 aromatic heterocycles. The third-order valence-electron chi connectivity index (χ3n) is 6.57. The first-order chi connectivity index (χ1) is 15.0. The number of para-hydroxylation sites is 1. The van der Waals surface area contributed by atoms with Gasteiger partial charge in [0.15, 0.2) is 0 Å². The van der Waals surface area contributed by atoms with Crippen LogP contribution >= 0.6 is 0 Å². The Morgan fingerprint density at radius 3 is 2.42 bits per heavy atom. The quantitative estimate of drug-likeness (QED) is 0.757. The van der Waals surface area contributed by atoms with Crippen molar-refractivity contribution < 1.29 is 19.5 Å². The fraction of sp³-hybridized carbons (Fsp3) is 0.400. The van der Waals surface area contributed by atoms with Crippen LogP contribution in [0.1, 0.15) is 61.0 Å². The van der Waals surface area contributed by atoms with Crippen LogP contribution in [-0.4, -0.2) is 40.4 Å². The summed E-state index contributed by atoms with van der Waals surface area (Å²) >= 11 is 0. The highest BCUT2D eigenvalue weighted by Crippen LogP contribution is 2.50. The number of hydrogen-bond acceptors (Lipinski definition) is 3. The number of aliphatic carboxylic acids is 1. The Kier molecular flexibility index (Phi) is 6.07. The van der Waals surface area contributed by atoms with Crippen LogP contribution < -0.4 is 4.90 Å². The maximum Gasteiger partial charge on any atom is 0.303 e. The molecule has 0 spiro atoms. The highest BCUT2D eigenvalue weighted by atomic mass is 16.4. The second-order valence-electron chi connectivity index (χ2n) is 8.28. The molecule has 0 radical (unpaired) electrons. The van der Waals surface area contributed by atoms with Gasteiger partial charge in [0.1, 0.15) is 0 Å². The van der Waals surface area contributed by atoms with E-state index in [1.165, 1.54) is 0 Å². The highest BCUT2D eigenvalue weighted by molar-refractivity contribution is 6.07. The molecule has 2 aromatic carbocycles. The van der Waals surface area contributed by atoms with Crippen LogP contribution in [0.5, 0.6) is 0 Å². The molecular weight excluding hydrogens is 392 g/mol. The van der Waals surface area contributed by atoms with Crippen LogP contribution in [-0.2, 0) is 9.59 Å². The van der Waals surface area contributed by atoms with Gasteiger partial charge >= 0.3 is 5.97 Å². The van der Waals surface area contributed by atoms with Crippen LogP contribution in [0, 0.1) is 5.92 Å². The van der Waals surface area contributed by atoms with Crippen molar-refractivity contribution >= 4 is 23.5 Å². The summed E-state index contributed by atoms with van der Waals surface area (Å²) < 4.78 is 0. The number of anilines is 1. The van der Waals surface area contributed by atoms with Gasteiger partial charge in [-0.25, -0.2) is 0 Å². The summed E-state index contributed by atoms with van der Waals surface area (Å²) in [6, 6.07) is 17.1. The summed E-state index contributed by atoms with van der Waals surface area (Å²) in [5.74, 6) is -0.982. The van der Waals surface area contributed by atoms with E-state index < -0.39 is 5.97 Å². The summed E-state index contributed by atoms with van der Waals surface area (Å²) in [7, 11) is 0. The maximum absolute atomic E-state index is 13.5. The molecule has 6 heteroatoms. The van der Waals surface area contributed by atoms with Gasteiger partial charge in [-0.05, 0) is 43.5 Å². The lowest BCUT2D eigenvalue weighted by molar-refractivity contribution is -0.142. The van der Waals surface area contributed by atoms with E-state index in [9.17, 15) is 14.4 Å². The topological polar surface area (TPSA) is 77.9 Å². The Morgan fingerprint density at radius 1 is 1.00 bits per heavy atom. The minimum absolute atomic E-state index is 0.00805. The summed E-state index contributed by atoms with van der Waals surface area (Å²) in [6.45, 7) is 2.44. The van der Waals surface area contributed by atoms with Gasteiger partial charge in [-0.1, -0.05) is 42.8 Å². The van der Waals surface area contributed by atoms with E-state index in [0.717, 1.165) is 30.5 Å². The summed E-state index contributed by atoms with van der Waals surface area (Å²) in [6.07, 6.45) is 2.65. The standard InChI is InChI=1S/C25H28N2O4/c1-2-26(22(28)15-16-23(29)30)24-18-11-6-7-13-20(18)27(21-14-8-12-19(21)24)25(31)17-9-4-3-5-10-17/h3-7,9-11,13,19,21,24H,2,8,12,14-16H2,1H3,(H,29,30). The number of amides is 2. The first-order valence-corrected chi connectivity index (χ1v) is 11.0. The molecule has 4 rings (SSSR count). The Balaban J connectivity index is 1.75. The number of benzene rings is 2. The first kappa shape index (κ1) is 21.1. The van der Waals surface area contributed by atoms with Crippen molar-refractivity contribution in [1.82, 2.24) is 4.90 Å². The van der Waals surface area contributed by atoms with Crippen LogP contribution in [0.4, 0.5) is 5.69 Å². The van der Waals surface area contributed by atoms with Crippen LogP contribution in [0.2, 0.25) is 0 Å². The first-order valence-electron chi connectivity index (χ1n) is 11.0. The minimum atomic E-state index is -0.966. The zero-order chi connectivity index (χ0) is 22.0. The number of hydrogen-bond donors (Lipinski definition) is 1. The predicted octanol–water partition coefficient (Wildman–Crippen LogP) is 4.27. The van der Waals surface area contributed by atoms with Gasteiger partial charge in [0.25, 0.3) is 5.91 Å². The van der Waals surface area contributed by atoms with E-state index in [1.807, 2.05) is 71.3 Å². The van der Waals surface area contributed by atoms with Crippen molar-refractivity contribution in [3.05, 3.63) is 65.7 Å². The molecular formula is C25H28N2O4. The molecule has 6 nitrogen and oxygen atoms in total. The molecule has 2 aliphatic rings. The molecule has 1 N–H and O–H groups in total. The molecule has 1 heterocycles. The van der Waals surface area contributed by atoms with Gasteiger partial charge in [-0.2, -0.15) is 0 Å². The van der Waals surface area contributed by atoms with Gasteiger partial charge < -0.3 is 14.9 Å². The van der Waals surface area contributed by atoms with Crippen molar-refractivity contribution in [2.75, 3.05) is 11.4 Å². The Bertz CT molecular complexity index is 974. The van der Waals surface area contributed by atoms with Crippen molar-refractivity contribution in [3.8, 4) is 0 Å². The molecule has 1 aliphatic carbocycles. The fourth-order valence-corrected chi connectivity index (χ4v) is 5.29. The molecule has 0 saturated heterocycles. The number of nitrogens with zero attached hydrogens (tertiary/aromatic N) is 2. The molecule has 1 aliphatic heterocycles. The van der Waals surface area contributed by atoms with E-state index in [-0.39, 0.29) is 42.7 Å². The normalized spacial score (nSPS) is 21.8. The van der Waals surface area contributed by atoms with Crippen molar-refractivity contribution in [2.24, 2.45) is 5.92 Å². The van der Waals surface area contributed by atoms with E-state index in [0.29, 0.717) is 12.1 Å². The van der Waals surface area contributed by atoms with Gasteiger partial charge in [0, 0.05) is 36.2 Å². The maximum atomic E-state index is 13.5. The largest absolute Gasteiger partial charge is 0.481 e. The molecule has 3 atom stereocenters. The number of rotatable bonds is 6. The van der Waals surface area contributed by atoms with E-state index in [4.69, 9.17) is 5.11 Å². The van der Waals surface area contributed by atoms with E-state index in [1.54, 1.807) is 0 Å². The third kappa shape index (κ3) is 3.94. The predicted molar refractivity (Wildman–Crippen MR) is 118 cm³/mol.